The summed E-state index contributed by atoms with van der Waals surface area (Å²) in [5.41, 5.74) is 2.11. The van der Waals surface area contributed by atoms with Crippen LogP contribution in [0.25, 0.3) is 0 Å². The van der Waals surface area contributed by atoms with Crippen molar-refractivity contribution in [1.82, 2.24) is 15.1 Å². The van der Waals surface area contributed by atoms with E-state index in [2.05, 4.69) is 12.2 Å². The number of urea groups is 2. The lowest BCUT2D eigenvalue weighted by Crippen LogP contribution is -2.44. The minimum Gasteiger partial charge on any atom is -0.337 e. The van der Waals surface area contributed by atoms with Crippen molar-refractivity contribution in [2.45, 2.75) is 51.6 Å². The van der Waals surface area contributed by atoms with Crippen LogP contribution in [0, 0.1) is 0 Å². The summed E-state index contributed by atoms with van der Waals surface area (Å²) in [5, 5.41) is 2.69. The molecular formula is C18H23N3O3. The lowest BCUT2D eigenvalue weighted by atomic mass is 9.95. The van der Waals surface area contributed by atoms with Crippen LogP contribution in [0.15, 0.2) is 24.3 Å². The fraction of sp³-hybridized carbons (Fsp3) is 0.500. The highest BCUT2D eigenvalue weighted by Gasteiger charge is 2.49. The van der Waals surface area contributed by atoms with E-state index in [1.807, 2.05) is 24.3 Å². The van der Waals surface area contributed by atoms with E-state index in [1.165, 1.54) is 4.90 Å². The molecule has 2 aliphatic rings. The van der Waals surface area contributed by atoms with Crippen LogP contribution < -0.4 is 5.32 Å². The molecule has 24 heavy (non-hydrogen) atoms. The number of rotatable bonds is 5. The zero-order valence-corrected chi connectivity index (χ0v) is 14.0. The maximum atomic E-state index is 12.5. The topological polar surface area (TPSA) is 69.7 Å². The SMILES string of the molecule is CCCCCCNC(=O)N1C(=O)C2Cc3ccccc3CN2C1=O. The molecule has 1 atom stereocenters. The Hall–Kier alpha value is -2.37. The monoisotopic (exact) mass is 329 g/mol. The first-order valence-corrected chi connectivity index (χ1v) is 8.62. The third-order valence-electron chi connectivity index (χ3n) is 4.70. The molecule has 1 unspecified atom stereocenters. The van der Waals surface area contributed by atoms with Gasteiger partial charge in [-0.3, -0.25) is 4.79 Å². The summed E-state index contributed by atoms with van der Waals surface area (Å²) >= 11 is 0. The van der Waals surface area contributed by atoms with Gasteiger partial charge in [0.25, 0.3) is 5.91 Å². The number of amides is 5. The van der Waals surface area contributed by atoms with Gasteiger partial charge in [-0.2, -0.15) is 4.90 Å². The Balaban J connectivity index is 1.64. The number of carbonyl (C=O) groups is 3. The number of fused-ring (bicyclic) bond motifs is 2. The van der Waals surface area contributed by atoms with Crippen LogP contribution in [0.3, 0.4) is 0 Å². The third kappa shape index (κ3) is 3.00. The zero-order valence-electron chi connectivity index (χ0n) is 14.0. The predicted molar refractivity (Wildman–Crippen MR) is 89.3 cm³/mol. The second-order valence-electron chi connectivity index (χ2n) is 6.37. The van der Waals surface area contributed by atoms with Gasteiger partial charge in [-0.25, -0.2) is 9.59 Å². The number of hydrogen-bond donors (Lipinski definition) is 1. The highest BCUT2D eigenvalue weighted by Crippen LogP contribution is 2.29. The molecule has 128 valence electrons. The maximum absolute atomic E-state index is 12.5. The molecule has 5 amide bonds. The van der Waals surface area contributed by atoms with Gasteiger partial charge in [0.05, 0.1) is 0 Å². The number of unbranched alkanes of at least 4 members (excludes halogenated alkanes) is 3. The molecule has 1 aromatic carbocycles. The van der Waals surface area contributed by atoms with E-state index in [0.29, 0.717) is 19.5 Å². The number of imide groups is 3. The fourth-order valence-corrected chi connectivity index (χ4v) is 3.33. The Bertz CT molecular complexity index is 616. The van der Waals surface area contributed by atoms with Gasteiger partial charge in [-0.15, -0.1) is 0 Å². The minimum absolute atomic E-state index is 0.381. The van der Waals surface area contributed by atoms with E-state index in [1.54, 1.807) is 0 Å². The predicted octanol–water partition coefficient (Wildman–Crippen LogP) is 2.67. The summed E-state index contributed by atoms with van der Waals surface area (Å²) in [5.74, 6) is -0.416. The summed E-state index contributed by atoms with van der Waals surface area (Å²) in [7, 11) is 0. The summed E-state index contributed by atoms with van der Waals surface area (Å²) in [6.45, 7) is 2.99. The average molecular weight is 329 g/mol. The van der Waals surface area contributed by atoms with Crippen LogP contribution in [-0.2, 0) is 17.8 Å². The normalized spacial score (nSPS) is 19.3. The molecule has 0 aliphatic carbocycles. The van der Waals surface area contributed by atoms with Crippen LogP contribution in [0.1, 0.15) is 43.7 Å². The van der Waals surface area contributed by atoms with Crippen molar-refractivity contribution in [3.63, 3.8) is 0 Å². The van der Waals surface area contributed by atoms with E-state index in [0.717, 1.165) is 41.7 Å². The van der Waals surface area contributed by atoms with E-state index in [-0.39, 0.29) is 0 Å². The first kappa shape index (κ1) is 16.5. The standard InChI is InChI=1S/C18H23N3O3/c1-2-3-4-7-10-19-17(23)21-16(22)15-11-13-8-5-6-9-14(13)12-20(15)18(21)24/h5-6,8-9,15H,2-4,7,10-12H2,1H3,(H,19,23). The largest absolute Gasteiger partial charge is 0.337 e. The van der Waals surface area contributed by atoms with Crippen molar-refractivity contribution in [3.8, 4) is 0 Å². The second-order valence-corrected chi connectivity index (χ2v) is 6.37. The Labute approximate surface area is 141 Å². The molecule has 1 aromatic rings. The lowest BCUT2D eigenvalue weighted by Gasteiger charge is -2.28. The van der Waals surface area contributed by atoms with Gasteiger partial charge in [-0.05, 0) is 17.5 Å². The van der Waals surface area contributed by atoms with Crippen LogP contribution >= 0.6 is 0 Å². The van der Waals surface area contributed by atoms with Gasteiger partial charge >= 0.3 is 12.1 Å². The van der Waals surface area contributed by atoms with Gasteiger partial charge in [-0.1, -0.05) is 50.5 Å². The van der Waals surface area contributed by atoms with Gasteiger partial charge in [0.15, 0.2) is 0 Å². The average Bonchev–Trinajstić information content (AvgIpc) is 2.83. The van der Waals surface area contributed by atoms with E-state index >= 15 is 0 Å². The molecule has 6 heteroatoms. The Kier molecular flexibility index (Phi) is 4.83. The first-order chi connectivity index (χ1) is 11.6. The van der Waals surface area contributed by atoms with Crippen molar-refractivity contribution in [2.24, 2.45) is 0 Å². The first-order valence-electron chi connectivity index (χ1n) is 8.62. The quantitative estimate of drug-likeness (QED) is 0.667. The molecule has 1 fully saturated rings. The fourth-order valence-electron chi connectivity index (χ4n) is 3.33. The number of nitrogens with zero attached hydrogens (tertiary/aromatic N) is 2. The Morgan fingerprint density at radius 1 is 1.17 bits per heavy atom. The van der Waals surface area contributed by atoms with Crippen molar-refractivity contribution < 1.29 is 14.4 Å². The van der Waals surface area contributed by atoms with E-state index < -0.39 is 24.0 Å². The molecule has 1 saturated heterocycles. The molecule has 2 aliphatic heterocycles. The number of carbonyl (C=O) groups excluding carboxylic acids is 3. The van der Waals surface area contributed by atoms with Gasteiger partial charge in [0, 0.05) is 19.5 Å². The second kappa shape index (κ2) is 7.03. The highest BCUT2D eigenvalue weighted by molar-refractivity contribution is 6.16. The van der Waals surface area contributed by atoms with Gasteiger partial charge in [0.2, 0.25) is 0 Å². The smallest absolute Gasteiger partial charge is 0.336 e. The third-order valence-corrected chi connectivity index (χ3v) is 4.70. The molecule has 3 rings (SSSR count). The van der Waals surface area contributed by atoms with Crippen molar-refractivity contribution in [3.05, 3.63) is 35.4 Å². The van der Waals surface area contributed by atoms with Crippen molar-refractivity contribution in [1.29, 1.82) is 0 Å². The summed E-state index contributed by atoms with van der Waals surface area (Å²) in [6.07, 6.45) is 4.60. The number of hydrogen-bond acceptors (Lipinski definition) is 3. The molecule has 2 heterocycles. The maximum Gasteiger partial charge on any atom is 0.336 e. The van der Waals surface area contributed by atoms with Crippen LogP contribution in [0.2, 0.25) is 0 Å². The Morgan fingerprint density at radius 3 is 2.67 bits per heavy atom. The number of benzene rings is 1. The number of nitrogens with one attached hydrogen (secondary N) is 1. The van der Waals surface area contributed by atoms with Crippen LogP contribution in [0.4, 0.5) is 9.59 Å². The molecule has 0 spiro atoms. The van der Waals surface area contributed by atoms with Gasteiger partial charge in [0.1, 0.15) is 6.04 Å². The zero-order chi connectivity index (χ0) is 17.1. The lowest BCUT2D eigenvalue weighted by molar-refractivity contribution is -0.126. The molecule has 0 radical (unpaired) electrons. The van der Waals surface area contributed by atoms with Gasteiger partial charge < -0.3 is 10.2 Å². The summed E-state index contributed by atoms with van der Waals surface area (Å²) in [6, 6.07) is 6.11. The Morgan fingerprint density at radius 2 is 1.92 bits per heavy atom. The van der Waals surface area contributed by atoms with Crippen molar-refractivity contribution >= 4 is 18.0 Å². The molecule has 0 saturated carbocycles. The van der Waals surface area contributed by atoms with Crippen LogP contribution in [-0.4, -0.2) is 40.4 Å². The molecule has 0 aromatic heterocycles. The highest BCUT2D eigenvalue weighted by atomic mass is 16.2. The van der Waals surface area contributed by atoms with Crippen molar-refractivity contribution in [2.75, 3.05) is 6.54 Å². The van der Waals surface area contributed by atoms with E-state index in [4.69, 9.17) is 0 Å². The minimum atomic E-state index is -0.597. The van der Waals surface area contributed by atoms with E-state index in [9.17, 15) is 14.4 Å². The molecular weight excluding hydrogens is 306 g/mol. The summed E-state index contributed by atoms with van der Waals surface area (Å²) in [4.78, 5) is 39.6. The summed E-state index contributed by atoms with van der Waals surface area (Å²) < 4.78 is 0. The molecule has 1 N–H and O–H groups in total. The molecule has 0 bridgehead atoms. The van der Waals surface area contributed by atoms with Crippen LogP contribution in [0.5, 0.6) is 0 Å². The molecule has 6 nitrogen and oxygen atoms in total.